The van der Waals surface area contributed by atoms with Gasteiger partial charge < -0.3 is 4.90 Å². The van der Waals surface area contributed by atoms with Gasteiger partial charge in [0.05, 0.1) is 0 Å². The molecule has 2 nitrogen and oxygen atoms in total. The molecule has 1 atom stereocenters. The van der Waals surface area contributed by atoms with Crippen LogP contribution in [-0.2, 0) is 12.8 Å². The number of rotatable bonds is 5. The van der Waals surface area contributed by atoms with Gasteiger partial charge in [-0.1, -0.05) is 50.2 Å². The zero-order chi connectivity index (χ0) is 16.9. The fourth-order valence-electron chi connectivity index (χ4n) is 4.02. The minimum atomic E-state index is 0.571. The quantitative estimate of drug-likeness (QED) is 0.748. The van der Waals surface area contributed by atoms with Crippen LogP contribution in [0.3, 0.4) is 0 Å². The van der Waals surface area contributed by atoms with Gasteiger partial charge in [0, 0.05) is 26.1 Å². The third-order valence-corrected chi connectivity index (χ3v) is 5.25. The van der Waals surface area contributed by atoms with Gasteiger partial charge in [0.1, 0.15) is 5.84 Å². The SMILES string of the molecule is CCCN1CCCC(Cc2ccc3ccc(CC)cc3c2)C1=NC. The Bertz CT molecular complexity index is 715. The molecule has 1 heterocycles. The number of piperidine rings is 1. The van der Waals surface area contributed by atoms with Crippen LogP contribution in [-0.4, -0.2) is 30.9 Å². The summed E-state index contributed by atoms with van der Waals surface area (Å²) in [5.41, 5.74) is 2.86. The average Bonchev–Trinajstić information content (AvgIpc) is 2.61. The summed E-state index contributed by atoms with van der Waals surface area (Å²) >= 11 is 0. The van der Waals surface area contributed by atoms with Crippen LogP contribution in [0.4, 0.5) is 0 Å². The van der Waals surface area contributed by atoms with Crippen molar-refractivity contribution in [1.82, 2.24) is 4.90 Å². The maximum Gasteiger partial charge on any atom is 0.102 e. The number of amidine groups is 1. The van der Waals surface area contributed by atoms with Crippen molar-refractivity contribution in [2.75, 3.05) is 20.1 Å². The first-order valence-corrected chi connectivity index (χ1v) is 9.48. The molecule has 1 aliphatic rings. The Labute approximate surface area is 146 Å². The number of hydrogen-bond acceptors (Lipinski definition) is 1. The molecule has 2 aromatic rings. The van der Waals surface area contributed by atoms with E-state index in [9.17, 15) is 0 Å². The molecule has 1 aliphatic heterocycles. The Morgan fingerprint density at radius 3 is 2.50 bits per heavy atom. The molecule has 2 aromatic carbocycles. The van der Waals surface area contributed by atoms with Gasteiger partial charge in [0.2, 0.25) is 0 Å². The summed E-state index contributed by atoms with van der Waals surface area (Å²) in [6.07, 6.45) is 5.96. The maximum atomic E-state index is 4.66. The summed E-state index contributed by atoms with van der Waals surface area (Å²) in [6, 6.07) is 13.8. The first-order chi connectivity index (χ1) is 11.7. The Morgan fingerprint density at radius 1 is 1.04 bits per heavy atom. The highest BCUT2D eigenvalue weighted by molar-refractivity contribution is 5.86. The molecule has 1 fully saturated rings. The van der Waals surface area contributed by atoms with E-state index in [1.807, 2.05) is 7.05 Å². The second-order valence-corrected chi connectivity index (χ2v) is 6.98. The topological polar surface area (TPSA) is 15.6 Å². The second-order valence-electron chi connectivity index (χ2n) is 6.98. The van der Waals surface area contributed by atoms with E-state index < -0.39 is 0 Å². The van der Waals surface area contributed by atoms with E-state index >= 15 is 0 Å². The van der Waals surface area contributed by atoms with Crippen LogP contribution in [0.5, 0.6) is 0 Å². The summed E-state index contributed by atoms with van der Waals surface area (Å²) in [4.78, 5) is 7.16. The Kier molecular flexibility index (Phi) is 5.55. The standard InChI is InChI=1S/C22H30N2/c1-4-12-24-13-6-7-20(22(24)23-3)15-18-9-11-19-10-8-17(5-2)14-21(19)16-18/h8-11,14,16,20H,4-7,12-13,15H2,1-3H3. The highest BCUT2D eigenvalue weighted by Crippen LogP contribution is 2.26. The molecule has 1 unspecified atom stereocenters. The molecule has 0 aliphatic carbocycles. The second kappa shape index (κ2) is 7.83. The van der Waals surface area contributed by atoms with Gasteiger partial charge in [0.25, 0.3) is 0 Å². The van der Waals surface area contributed by atoms with Crippen LogP contribution in [0.25, 0.3) is 10.8 Å². The molecule has 0 saturated carbocycles. The third-order valence-electron chi connectivity index (χ3n) is 5.25. The molecule has 0 spiro atoms. The Balaban J connectivity index is 1.82. The predicted octanol–water partition coefficient (Wildman–Crippen LogP) is 5.10. The normalized spacial score (nSPS) is 20.0. The number of aliphatic imine (C=N–C) groups is 1. The van der Waals surface area contributed by atoms with Gasteiger partial charge in [-0.25, -0.2) is 0 Å². The smallest absolute Gasteiger partial charge is 0.102 e. The van der Waals surface area contributed by atoms with Crippen molar-refractivity contribution in [1.29, 1.82) is 0 Å². The number of benzene rings is 2. The van der Waals surface area contributed by atoms with Gasteiger partial charge in [-0.05, 0) is 54.0 Å². The van der Waals surface area contributed by atoms with E-state index in [0.29, 0.717) is 5.92 Å². The summed E-state index contributed by atoms with van der Waals surface area (Å²) in [7, 11) is 1.96. The highest BCUT2D eigenvalue weighted by Gasteiger charge is 2.25. The zero-order valence-corrected chi connectivity index (χ0v) is 15.4. The number of fused-ring (bicyclic) bond motifs is 1. The van der Waals surface area contributed by atoms with Crippen LogP contribution in [0.1, 0.15) is 44.2 Å². The van der Waals surface area contributed by atoms with Crippen molar-refractivity contribution >= 4 is 16.6 Å². The van der Waals surface area contributed by atoms with Gasteiger partial charge >= 0.3 is 0 Å². The third kappa shape index (κ3) is 3.63. The molecule has 128 valence electrons. The molecule has 0 aromatic heterocycles. The Morgan fingerprint density at radius 2 is 1.79 bits per heavy atom. The van der Waals surface area contributed by atoms with E-state index in [1.54, 1.807) is 0 Å². The van der Waals surface area contributed by atoms with E-state index in [4.69, 9.17) is 0 Å². The van der Waals surface area contributed by atoms with Gasteiger partial charge in [-0.3, -0.25) is 4.99 Å². The van der Waals surface area contributed by atoms with Crippen LogP contribution in [0.2, 0.25) is 0 Å². The van der Waals surface area contributed by atoms with Crippen molar-refractivity contribution in [2.24, 2.45) is 10.9 Å². The van der Waals surface area contributed by atoms with Gasteiger partial charge in [-0.15, -0.1) is 0 Å². The van der Waals surface area contributed by atoms with Crippen molar-refractivity contribution < 1.29 is 0 Å². The van der Waals surface area contributed by atoms with Crippen molar-refractivity contribution in [3.8, 4) is 0 Å². The number of aryl methyl sites for hydroxylation is 1. The molecular formula is C22H30N2. The molecule has 0 amide bonds. The maximum absolute atomic E-state index is 4.66. The first kappa shape index (κ1) is 17.0. The van der Waals surface area contributed by atoms with Crippen LogP contribution < -0.4 is 0 Å². The summed E-state index contributed by atoms with van der Waals surface area (Å²) in [5, 5.41) is 2.72. The van der Waals surface area contributed by atoms with Crippen LogP contribution in [0.15, 0.2) is 41.4 Å². The molecule has 0 radical (unpaired) electrons. The minimum Gasteiger partial charge on any atom is -0.360 e. The Hall–Kier alpha value is -1.83. The minimum absolute atomic E-state index is 0.571. The predicted molar refractivity (Wildman–Crippen MR) is 105 cm³/mol. The van der Waals surface area contributed by atoms with Crippen LogP contribution in [0, 0.1) is 5.92 Å². The van der Waals surface area contributed by atoms with Gasteiger partial charge in [-0.2, -0.15) is 0 Å². The largest absolute Gasteiger partial charge is 0.360 e. The fraction of sp³-hybridized carbons (Fsp3) is 0.500. The van der Waals surface area contributed by atoms with Crippen LogP contribution >= 0.6 is 0 Å². The lowest BCUT2D eigenvalue weighted by molar-refractivity contribution is 0.328. The average molecular weight is 322 g/mol. The summed E-state index contributed by atoms with van der Waals surface area (Å²) in [6.45, 7) is 6.79. The number of hydrogen-bond donors (Lipinski definition) is 0. The lowest BCUT2D eigenvalue weighted by Gasteiger charge is -2.36. The molecule has 3 rings (SSSR count). The number of likely N-dealkylation sites (tertiary alicyclic amines) is 1. The van der Waals surface area contributed by atoms with E-state index in [-0.39, 0.29) is 0 Å². The van der Waals surface area contributed by atoms with E-state index in [0.717, 1.165) is 19.4 Å². The molecule has 24 heavy (non-hydrogen) atoms. The first-order valence-electron chi connectivity index (χ1n) is 9.48. The van der Waals surface area contributed by atoms with Crippen molar-refractivity contribution in [3.63, 3.8) is 0 Å². The van der Waals surface area contributed by atoms with Crippen molar-refractivity contribution in [3.05, 3.63) is 47.5 Å². The molecule has 0 N–H and O–H groups in total. The molecule has 2 heteroatoms. The molecular weight excluding hydrogens is 292 g/mol. The number of nitrogens with zero attached hydrogens (tertiary/aromatic N) is 2. The molecule has 0 bridgehead atoms. The van der Waals surface area contributed by atoms with Gasteiger partial charge in [0.15, 0.2) is 0 Å². The zero-order valence-electron chi connectivity index (χ0n) is 15.4. The van der Waals surface area contributed by atoms with Crippen molar-refractivity contribution in [2.45, 2.75) is 46.0 Å². The fourth-order valence-corrected chi connectivity index (χ4v) is 4.02. The summed E-state index contributed by atoms with van der Waals surface area (Å²) in [5.74, 6) is 1.90. The monoisotopic (exact) mass is 322 g/mol. The lowest BCUT2D eigenvalue weighted by Crippen LogP contribution is -2.42. The van der Waals surface area contributed by atoms with E-state index in [1.165, 1.54) is 53.5 Å². The lowest BCUT2D eigenvalue weighted by atomic mass is 9.89. The highest BCUT2D eigenvalue weighted by atomic mass is 15.2. The molecule has 1 saturated heterocycles. The summed E-state index contributed by atoms with van der Waals surface area (Å²) < 4.78 is 0. The van der Waals surface area contributed by atoms with E-state index in [2.05, 4.69) is 60.1 Å².